The van der Waals surface area contributed by atoms with Crippen molar-refractivity contribution in [1.82, 2.24) is 4.90 Å². The van der Waals surface area contributed by atoms with E-state index in [9.17, 15) is 19.2 Å². The zero-order valence-electron chi connectivity index (χ0n) is 16.2. The third-order valence-electron chi connectivity index (χ3n) is 5.09. The molecule has 1 saturated heterocycles. The number of carbonyl (C=O) groups excluding carboxylic acids is 4. The van der Waals surface area contributed by atoms with Crippen molar-refractivity contribution < 1.29 is 23.9 Å². The van der Waals surface area contributed by atoms with Gasteiger partial charge in [0.1, 0.15) is 0 Å². The van der Waals surface area contributed by atoms with Gasteiger partial charge in [-0.05, 0) is 34.5 Å². The maximum atomic E-state index is 12.4. The average Bonchev–Trinajstić information content (AvgIpc) is 3.09. The van der Waals surface area contributed by atoms with Gasteiger partial charge in [0.05, 0.1) is 12.1 Å². The minimum absolute atomic E-state index is 0.185. The van der Waals surface area contributed by atoms with Crippen molar-refractivity contribution in [2.75, 3.05) is 6.61 Å². The summed E-state index contributed by atoms with van der Waals surface area (Å²) in [4.78, 5) is 49.3. The normalized spacial score (nSPS) is 13.7. The van der Waals surface area contributed by atoms with E-state index < -0.39 is 5.97 Å². The highest BCUT2D eigenvalue weighted by atomic mass is 16.5. The summed E-state index contributed by atoms with van der Waals surface area (Å²) >= 11 is 0. The lowest BCUT2D eigenvalue weighted by Gasteiger charge is -2.13. The molecule has 0 radical (unpaired) electrons. The minimum atomic E-state index is -0.607. The lowest BCUT2D eigenvalue weighted by atomic mass is 10.0. The van der Waals surface area contributed by atoms with Crippen LogP contribution < -0.4 is 0 Å². The Hall–Kier alpha value is -3.80. The molecule has 3 aromatic carbocycles. The molecule has 1 fully saturated rings. The fourth-order valence-corrected chi connectivity index (χ4v) is 3.39. The van der Waals surface area contributed by atoms with Crippen LogP contribution in [0.4, 0.5) is 0 Å². The van der Waals surface area contributed by atoms with Crippen LogP contribution in [0.3, 0.4) is 0 Å². The van der Waals surface area contributed by atoms with Gasteiger partial charge in [0, 0.05) is 18.4 Å². The number of esters is 1. The van der Waals surface area contributed by atoms with Crippen molar-refractivity contribution in [3.05, 3.63) is 83.4 Å². The second-order valence-corrected chi connectivity index (χ2v) is 7.13. The summed E-state index contributed by atoms with van der Waals surface area (Å²) in [6, 6.07) is 19.5. The predicted molar refractivity (Wildman–Crippen MR) is 110 cm³/mol. The Morgan fingerprint density at radius 1 is 0.800 bits per heavy atom. The highest BCUT2D eigenvalue weighted by Gasteiger charge is 2.28. The van der Waals surface area contributed by atoms with Gasteiger partial charge >= 0.3 is 5.97 Å². The van der Waals surface area contributed by atoms with Gasteiger partial charge < -0.3 is 4.74 Å². The number of ketones is 1. The zero-order chi connectivity index (χ0) is 21.1. The SMILES string of the molecule is O=C(COC(=O)c1ccc(CN2C(=O)CCC2=O)cc1)c1ccc2ccccc2c1. The number of carbonyl (C=O) groups is 4. The molecule has 3 aromatic rings. The topological polar surface area (TPSA) is 80.8 Å². The molecule has 0 aliphatic carbocycles. The number of rotatable bonds is 6. The summed E-state index contributed by atoms with van der Waals surface area (Å²) in [6.45, 7) is -0.164. The molecule has 1 aliphatic rings. The largest absolute Gasteiger partial charge is 0.454 e. The van der Waals surface area contributed by atoms with Gasteiger partial charge in [-0.2, -0.15) is 0 Å². The standard InChI is InChI=1S/C24H19NO5/c26-21(20-10-9-17-3-1-2-4-19(17)13-20)15-30-24(29)18-7-5-16(6-8-18)14-25-22(27)11-12-23(25)28/h1-10,13H,11-12,14-15H2. The number of nitrogens with zero attached hydrogens (tertiary/aromatic N) is 1. The second kappa shape index (κ2) is 8.29. The molecule has 0 unspecified atom stereocenters. The number of hydrogen-bond donors (Lipinski definition) is 0. The Morgan fingerprint density at radius 3 is 2.13 bits per heavy atom. The molecule has 150 valence electrons. The molecular weight excluding hydrogens is 382 g/mol. The summed E-state index contributed by atoms with van der Waals surface area (Å²) in [5.74, 6) is -1.26. The van der Waals surface area contributed by atoms with E-state index in [4.69, 9.17) is 4.74 Å². The second-order valence-electron chi connectivity index (χ2n) is 7.13. The minimum Gasteiger partial charge on any atom is -0.454 e. The van der Waals surface area contributed by atoms with Crippen molar-refractivity contribution in [2.45, 2.75) is 19.4 Å². The van der Waals surface area contributed by atoms with E-state index in [0.29, 0.717) is 11.1 Å². The van der Waals surface area contributed by atoms with Crippen LogP contribution in [-0.2, 0) is 20.9 Å². The molecule has 0 spiro atoms. The van der Waals surface area contributed by atoms with Gasteiger partial charge in [-0.1, -0.05) is 48.5 Å². The molecule has 0 saturated carbocycles. The van der Waals surface area contributed by atoms with E-state index in [1.165, 1.54) is 4.90 Å². The number of benzene rings is 3. The van der Waals surface area contributed by atoms with Gasteiger partial charge in [-0.15, -0.1) is 0 Å². The van der Waals surface area contributed by atoms with Crippen LogP contribution >= 0.6 is 0 Å². The Balaban J connectivity index is 1.35. The van der Waals surface area contributed by atoms with Crippen LogP contribution in [0.1, 0.15) is 39.1 Å². The number of Topliss-reactive ketones (excluding diaryl/α,β-unsaturated/α-hetero) is 1. The number of imide groups is 1. The van der Waals surface area contributed by atoms with Crippen molar-refractivity contribution in [1.29, 1.82) is 0 Å². The van der Waals surface area contributed by atoms with E-state index in [2.05, 4.69) is 0 Å². The van der Waals surface area contributed by atoms with Crippen LogP contribution in [0.2, 0.25) is 0 Å². The highest BCUT2D eigenvalue weighted by molar-refractivity contribution is 6.02. The van der Waals surface area contributed by atoms with Crippen molar-refractivity contribution in [3.8, 4) is 0 Å². The summed E-state index contributed by atoms with van der Waals surface area (Å²) in [5, 5.41) is 1.98. The van der Waals surface area contributed by atoms with Crippen LogP contribution in [0, 0.1) is 0 Å². The third kappa shape index (κ3) is 4.12. The molecule has 1 aliphatic heterocycles. The zero-order valence-corrected chi connectivity index (χ0v) is 16.2. The smallest absolute Gasteiger partial charge is 0.338 e. The monoisotopic (exact) mass is 401 g/mol. The Labute approximate surface area is 173 Å². The predicted octanol–water partition coefficient (Wildman–Crippen LogP) is 3.53. The molecule has 6 heteroatoms. The first-order valence-electron chi connectivity index (χ1n) is 9.62. The molecule has 6 nitrogen and oxygen atoms in total. The van der Waals surface area contributed by atoms with Crippen molar-refractivity contribution in [3.63, 3.8) is 0 Å². The molecular formula is C24H19NO5. The lowest BCUT2D eigenvalue weighted by Crippen LogP contribution is -2.28. The fourth-order valence-electron chi connectivity index (χ4n) is 3.39. The van der Waals surface area contributed by atoms with E-state index in [-0.39, 0.29) is 43.6 Å². The number of amides is 2. The van der Waals surface area contributed by atoms with E-state index in [1.807, 2.05) is 30.3 Å². The van der Waals surface area contributed by atoms with Crippen molar-refractivity contribution >= 4 is 34.3 Å². The Bertz CT molecular complexity index is 1130. The molecule has 1 heterocycles. The fraction of sp³-hybridized carbons (Fsp3) is 0.167. The van der Waals surface area contributed by atoms with Gasteiger partial charge in [0.15, 0.2) is 12.4 Å². The number of ether oxygens (including phenoxy) is 1. The summed E-state index contributed by atoms with van der Waals surface area (Å²) in [7, 11) is 0. The summed E-state index contributed by atoms with van der Waals surface area (Å²) in [5.41, 5.74) is 1.52. The maximum absolute atomic E-state index is 12.4. The molecule has 0 bridgehead atoms. The van der Waals surface area contributed by atoms with E-state index >= 15 is 0 Å². The van der Waals surface area contributed by atoms with Gasteiger partial charge in [0.25, 0.3) is 0 Å². The highest BCUT2D eigenvalue weighted by Crippen LogP contribution is 2.18. The van der Waals surface area contributed by atoms with Crippen LogP contribution in [0.5, 0.6) is 0 Å². The lowest BCUT2D eigenvalue weighted by molar-refractivity contribution is -0.139. The van der Waals surface area contributed by atoms with Gasteiger partial charge in [0.2, 0.25) is 11.8 Å². The Morgan fingerprint density at radius 2 is 1.43 bits per heavy atom. The summed E-state index contributed by atoms with van der Waals surface area (Å²) < 4.78 is 5.16. The molecule has 4 rings (SSSR count). The number of fused-ring (bicyclic) bond motifs is 1. The third-order valence-corrected chi connectivity index (χ3v) is 5.09. The number of likely N-dealkylation sites (tertiary alicyclic amines) is 1. The van der Waals surface area contributed by atoms with Crippen LogP contribution in [0.15, 0.2) is 66.7 Å². The van der Waals surface area contributed by atoms with E-state index in [0.717, 1.165) is 16.3 Å². The molecule has 0 atom stereocenters. The summed E-state index contributed by atoms with van der Waals surface area (Å²) in [6.07, 6.45) is 0.489. The van der Waals surface area contributed by atoms with Crippen LogP contribution in [-0.4, -0.2) is 35.1 Å². The van der Waals surface area contributed by atoms with Crippen LogP contribution in [0.25, 0.3) is 10.8 Å². The molecule has 0 N–H and O–H groups in total. The Kier molecular flexibility index (Phi) is 5.39. The molecule has 30 heavy (non-hydrogen) atoms. The first-order chi connectivity index (χ1) is 14.5. The molecule has 2 amide bonds. The number of hydrogen-bond acceptors (Lipinski definition) is 5. The van der Waals surface area contributed by atoms with Gasteiger partial charge in [-0.3, -0.25) is 19.3 Å². The van der Waals surface area contributed by atoms with Gasteiger partial charge in [-0.25, -0.2) is 4.79 Å². The molecule has 0 aromatic heterocycles. The first-order valence-corrected chi connectivity index (χ1v) is 9.62. The maximum Gasteiger partial charge on any atom is 0.338 e. The quantitative estimate of drug-likeness (QED) is 0.359. The van der Waals surface area contributed by atoms with E-state index in [1.54, 1.807) is 36.4 Å². The van der Waals surface area contributed by atoms with Crippen molar-refractivity contribution in [2.24, 2.45) is 0 Å². The average molecular weight is 401 g/mol. The first kappa shape index (κ1) is 19.5.